The molecule has 0 spiro atoms. The number of thioether (sulfide) groups is 1. The van der Waals surface area contributed by atoms with Gasteiger partial charge in [-0.05, 0) is 37.5 Å². The largest absolute Gasteiger partial charge is 0.493 e. The minimum absolute atomic E-state index is 0.134. The average molecular weight is 499 g/mol. The Morgan fingerprint density at radius 3 is 2.34 bits per heavy atom. The summed E-state index contributed by atoms with van der Waals surface area (Å²) in [6, 6.07) is 9.26. The van der Waals surface area contributed by atoms with Gasteiger partial charge in [-0.25, -0.2) is 0 Å². The van der Waals surface area contributed by atoms with Crippen LogP contribution in [0.25, 0.3) is 11.4 Å². The second-order valence-electron chi connectivity index (χ2n) is 8.49. The third-order valence-electron chi connectivity index (χ3n) is 6.50. The Balaban J connectivity index is 1.74. The molecular formula is C25H30N4O5S. The molecule has 0 saturated heterocycles. The molecule has 10 heteroatoms. The number of aromatic nitrogens is 3. The summed E-state index contributed by atoms with van der Waals surface area (Å²) in [5.41, 5.74) is 2.56. The highest BCUT2D eigenvalue weighted by Crippen LogP contribution is 2.43. The van der Waals surface area contributed by atoms with Crippen LogP contribution in [-0.2, 0) is 5.75 Å². The molecule has 35 heavy (non-hydrogen) atoms. The molecule has 0 N–H and O–H groups in total. The molecule has 0 bridgehead atoms. The Kier molecular flexibility index (Phi) is 7.80. The molecule has 1 fully saturated rings. The van der Waals surface area contributed by atoms with E-state index in [0.29, 0.717) is 28.6 Å². The number of nitrogens with zero attached hydrogens (tertiary/aromatic N) is 4. The standard InChI is InChI=1S/C25H30N4O5S/c1-16-17(9-8-12-20(16)29(30)31)15-35-25-27-26-24(28(25)19-10-6-5-7-11-19)18-13-21(32-2)23(34-4)22(14-18)33-3/h8-9,12-14,19H,5-7,10-11,15H2,1-4H3. The molecule has 186 valence electrons. The van der Waals surface area contributed by atoms with E-state index in [9.17, 15) is 10.1 Å². The lowest BCUT2D eigenvalue weighted by Gasteiger charge is -2.26. The summed E-state index contributed by atoms with van der Waals surface area (Å²) in [5, 5.41) is 21.3. The molecular weight excluding hydrogens is 468 g/mol. The van der Waals surface area contributed by atoms with Crippen LogP contribution in [0.4, 0.5) is 5.69 Å². The lowest BCUT2D eigenvalue weighted by Crippen LogP contribution is -2.15. The van der Waals surface area contributed by atoms with Crippen LogP contribution in [0.2, 0.25) is 0 Å². The maximum atomic E-state index is 11.4. The Morgan fingerprint density at radius 2 is 1.74 bits per heavy atom. The maximum Gasteiger partial charge on any atom is 0.272 e. The van der Waals surface area contributed by atoms with Crippen LogP contribution in [0.15, 0.2) is 35.5 Å². The first-order valence-electron chi connectivity index (χ1n) is 11.6. The van der Waals surface area contributed by atoms with Gasteiger partial charge < -0.3 is 14.2 Å². The normalized spacial score (nSPS) is 14.1. The van der Waals surface area contributed by atoms with Gasteiger partial charge >= 0.3 is 0 Å². The van der Waals surface area contributed by atoms with Gasteiger partial charge in [-0.2, -0.15) is 0 Å². The Morgan fingerprint density at radius 1 is 1.06 bits per heavy atom. The molecule has 0 amide bonds. The van der Waals surface area contributed by atoms with Gasteiger partial charge in [0.05, 0.1) is 26.3 Å². The van der Waals surface area contributed by atoms with E-state index in [0.717, 1.165) is 47.8 Å². The van der Waals surface area contributed by atoms with Crippen molar-refractivity contribution in [1.82, 2.24) is 14.8 Å². The van der Waals surface area contributed by atoms with Crippen molar-refractivity contribution >= 4 is 17.4 Å². The van der Waals surface area contributed by atoms with E-state index >= 15 is 0 Å². The minimum Gasteiger partial charge on any atom is -0.493 e. The number of hydrogen-bond acceptors (Lipinski definition) is 8. The first kappa shape index (κ1) is 24.8. The van der Waals surface area contributed by atoms with E-state index < -0.39 is 0 Å². The van der Waals surface area contributed by atoms with Crippen molar-refractivity contribution < 1.29 is 19.1 Å². The van der Waals surface area contributed by atoms with E-state index in [1.165, 1.54) is 12.5 Å². The fraction of sp³-hybridized carbons (Fsp3) is 0.440. The number of benzene rings is 2. The van der Waals surface area contributed by atoms with Crippen LogP contribution in [-0.4, -0.2) is 41.0 Å². The van der Waals surface area contributed by atoms with Gasteiger partial charge in [-0.1, -0.05) is 43.2 Å². The molecule has 0 aliphatic heterocycles. The third-order valence-corrected chi connectivity index (χ3v) is 7.49. The first-order chi connectivity index (χ1) is 17.0. The van der Waals surface area contributed by atoms with E-state index in [-0.39, 0.29) is 16.7 Å². The molecule has 1 aromatic heterocycles. The van der Waals surface area contributed by atoms with Gasteiger partial charge in [0, 0.05) is 29.0 Å². The van der Waals surface area contributed by atoms with Gasteiger partial charge in [0.2, 0.25) is 5.75 Å². The van der Waals surface area contributed by atoms with E-state index in [2.05, 4.69) is 14.8 Å². The number of nitro benzene ring substituents is 1. The Labute approximate surface area is 208 Å². The van der Waals surface area contributed by atoms with Crippen molar-refractivity contribution in [2.24, 2.45) is 0 Å². The Hall–Kier alpha value is -3.27. The SMILES string of the molecule is COc1cc(-c2nnc(SCc3cccc([N+](=O)[O-])c3C)n2C2CCCCC2)cc(OC)c1OC. The van der Waals surface area contributed by atoms with Crippen molar-refractivity contribution in [1.29, 1.82) is 0 Å². The molecule has 1 saturated carbocycles. The molecule has 2 aromatic carbocycles. The molecule has 3 aromatic rings. The van der Waals surface area contributed by atoms with Crippen molar-refractivity contribution in [3.63, 3.8) is 0 Å². The summed E-state index contributed by atoms with van der Waals surface area (Å²) in [5.74, 6) is 2.95. The summed E-state index contributed by atoms with van der Waals surface area (Å²) in [6.45, 7) is 1.79. The summed E-state index contributed by atoms with van der Waals surface area (Å²) in [6.07, 6.45) is 5.66. The summed E-state index contributed by atoms with van der Waals surface area (Å²) < 4.78 is 18.8. The van der Waals surface area contributed by atoms with E-state index in [1.54, 1.807) is 46.1 Å². The summed E-state index contributed by atoms with van der Waals surface area (Å²) in [4.78, 5) is 11.0. The van der Waals surface area contributed by atoms with Crippen molar-refractivity contribution in [3.8, 4) is 28.6 Å². The number of rotatable bonds is 9. The molecule has 0 unspecified atom stereocenters. The number of nitro groups is 1. The van der Waals surface area contributed by atoms with Crippen molar-refractivity contribution in [2.45, 2.75) is 56.0 Å². The number of methoxy groups -OCH3 is 3. The van der Waals surface area contributed by atoms with Crippen LogP contribution >= 0.6 is 11.8 Å². The van der Waals surface area contributed by atoms with E-state index in [1.807, 2.05) is 18.2 Å². The smallest absolute Gasteiger partial charge is 0.272 e. The number of ether oxygens (including phenoxy) is 3. The predicted molar refractivity (Wildman–Crippen MR) is 135 cm³/mol. The molecule has 9 nitrogen and oxygen atoms in total. The van der Waals surface area contributed by atoms with Crippen LogP contribution < -0.4 is 14.2 Å². The highest BCUT2D eigenvalue weighted by molar-refractivity contribution is 7.98. The van der Waals surface area contributed by atoms with Gasteiger partial charge in [0.1, 0.15) is 0 Å². The third kappa shape index (κ3) is 5.07. The molecule has 1 aliphatic carbocycles. The summed E-state index contributed by atoms with van der Waals surface area (Å²) in [7, 11) is 4.76. The van der Waals surface area contributed by atoms with Gasteiger partial charge in [-0.3, -0.25) is 14.7 Å². The van der Waals surface area contributed by atoms with Crippen LogP contribution in [0, 0.1) is 17.0 Å². The lowest BCUT2D eigenvalue weighted by molar-refractivity contribution is -0.385. The van der Waals surface area contributed by atoms with E-state index in [4.69, 9.17) is 14.2 Å². The van der Waals surface area contributed by atoms with Crippen molar-refractivity contribution in [3.05, 3.63) is 51.6 Å². The van der Waals surface area contributed by atoms with Crippen LogP contribution in [0.1, 0.15) is 49.3 Å². The van der Waals surface area contributed by atoms with Crippen LogP contribution in [0.5, 0.6) is 17.2 Å². The maximum absolute atomic E-state index is 11.4. The number of hydrogen-bond donors (Lipinski definition) is 0. The minimum atomic E-state index is -0.337. The van der Waals surface area contributed by atoms with Crippen LogP contribution in [0.3, 0.4) is 0 Å². The highest BCUT2D eigenvalue weighted by atomic mass is 32.2. The lowest BCUT2D eigenvalue weighted by atomic mass is 9.95. The average Bonchev–Trinajstić information content (AvgIpc) is 3.31. The zero-order valence-corrected chi connectivity index (χ0v) is 21.3. The van der Waals surface area contributed by atoms with Gasteiger partial charge in [0.25, 0.3) is 5.69 Å². The zero-order chi connectivity index (χ0) is 24.9. The molecule has 4 rings (SSSR count). The quantitative estimate of drug-likeness (QED) is 0.202. The second-order valence-corrected chi connectivity index (χ2v) is 9.43. The van der Waals surface area contributed by atoms with Gasteiger partial charge in [0.15, 0.2) is 22.5 Å². The zero-order valence-electron chi connectivity index (χ0n) is 20.4. The fourth-order valence-corrected chi connectivity index (χ4v) is 5.69. The second kappa shape index (κ2) is 11.0. The Bertz CT molecular complexity index is 1180. The van der Waals surface area contributed by atoms with Gasteiger partial charge in [-0.15, -0.1) is 10.2 Å². The molecule has 1 aliphatic rings. The molecule has 1 heterocycles. The monoisotopic (exact) mass is 498 g/mol. The molecule has 0 atom stereocenters. The fourth-order valence-electron chi connectivity index (χ4n) is 4.62. The van der Waals surface area contributed by atoms with Crippen molar-refractivity contribution in [2.75, 3.05) is 21.3 Å². The summed E-state index contributed by atoms with van der Waals surface area (Å²) >= 11 is 1.55. The predicted octanol–water partition coefficient (Wildman–Crippen LogP) is 5.99. The topological polar surface area (TPSA) is 102 Å². The first-order valence-corrected chi connectivity index (χ1v) is 12.6. The highest BCUT2D eigenvalue weighted by Gasteiger charge is 2.26. The molecule has 0 radical (unpaired) electrons.